The molecule has 1 unspecified atom stereocenters. The fourth-order valence-electron chi connectivity index (χ4n) is 1.20. The lowest BCUT2D eigenvalue weighted by atomic mass is 10.3. The Kier molecular flexibility index (Phi) is 2.70. The normalized spacial score (nSPS) is 24.0. The van der Waals surface area contributed by atoms with Crippen molar-refractivity contribution < 1.29 is 9.53 Å². The molecule has 4 nitrogen and oxygen atoms in total. The molecule has 4 heteroatoms. The molecule has 1 fully saturated rings. The molecule has 1 aliphatic heterocycles. The number of carbonyl (C=O) groups is 1. The maximum Gasteiger partial charge on any atom is 0.410 e. The maximum absolute atomic E-state index is 11.0. The molecule has 2 N–H and O–H groups in total. The number of cyclic esters (lactones) is 1. The molecule has 0 spiro atoms. The van der Waals surface area contributed by atoms with E-state index in [1.165, 1.54) is 0 Å². The van der Waals surface area contributed by atoms with Crippen LogP contribution in [0.15, 0.2) is 0 Å². The predicted octanol–water partition coefficient (Wildman–Crippen LogP) is 0.176. The molecule has 0 radical (unpaired) electrons. The fraction of sp³-hybridized carbons (Fsp3) is 0.857. The number of rotatable bonds is 3. The molecule has 0 aromatic rings. The van der Waals surface area contributed by atoms with Gasteiger partial charge in [-0.05, 0) is 6.42 Å². The van der Waals surface area contributed by atoms with Gasteiger partial charge in [0, 0.05) is 13.1 Å². The highest BCUT2D eigenvalue weighted by Gasteiger charge is 2.30. The van der Waals surface area contributed by atoms with Gasteiger partial charge in [-0.25, -0.2) is 4.79 Å². The van der Waals surface area contributed by atoms with Crippen molar-refractivity contribution in [2.24, 2.45) is 5.73 Å². The topological polar surface area (TPSA) is 55.6 Å². The number of hydrogen-bond donors (Lipinski definition) is 1. The van der Waals surface area contributed by atoms with Crippen molar-refractivity contribution in [3.05, 3.63) is 0 Å². The Morgan fingerprint density at radius 3 is 3.09 bits per heavy atom. The Bertz CT molecular complexity index is 149. The van der Waals surface area contributed by atoms with E-state index in [-0.39, 0.29) is 12.1 Å². The molecule has 0 aliphatic carbocycles. The molecule has 1 heterocycles. The zero-order valence-corrected chi connectivity index (χ0v) is 6.75. The van der Waals surface area contributed by atoms with Crippen LogP contribution in [0.3, 0.4) is 0 Å². The van der Waals surface area contributed by atoms with Crippen molar-refractivity contribution in [3.8, 4) is 0 Å². The van der Waals surface area contributed by atoms with E-state index >= 15 is 0 Å². The van der Waals surface area contributed by atoms with Gasteiger partial charge >= 0.3 is 6.09 Å². The van der Waals surface area contributed by atoms with Crippen molar-refractivity contribution in [1.29, 1.82) is 0 Å². The lowest BCUT2D eigenvalue weighted by Crippen LogP contribution is -2.39. The Balaban J connectivity index is 2.49. The van der Waals surface area contributed by atoms with Gasteiger partial charge in [0.25, 0.3) is 0 Å². The van der Waals surface area contributed by atoms with Gasteiger partial charge in [0.1, 0.15) is 6.61 Å². The molecule has 1 rings (SSSR count). The molecular formula is C7H14N2O2. The number of ether oxygens (including phenoxy) is 1. The molecule has 11 heavy (non-hydrogen) atoms. The molecule has 0 aromatic heterocycles. The van der Waals surface area contributed by atoms with Gasteiger partial charge < -0.3 is 15.4 Å². The number of carbonyl (C=O) groups excluding carboxylic acids is 1. The van der Waals surface area contributed by atoms with Crippen LogP contribution in [0.4, 0.5) is 4.79 Å². The summed E-state index contributed by atoms with van der Waals surface area (Å²) in [5.41, 5.74) is 5.44. The summed E-state index contributed by atoms with van der Waals surface area (Å²) in [6, 6.07) is 0.0995. The van der Waals surface area contributed by atoms with Gasteiger partial charge in [0.05, 0.1) is 6.04 Å². The number of hydrogen-bond acceptors (Lipinski definition) is 3. The summed E-state index contributed by atoms with van der Waals surface area (Å²) in [4.78, 5) is 12.7. The summed E-state index contributed by atoms with van der Waals surface area (Å²) in [5, 5.41) is 0. The lowest BCUT2D eigenvalue weighted by Gasteiger charge is -2.18. The zero-order valence-electron chi connectivity index (χ0n) is 6.75. The molecule has 0 saturated carbocycles. The number of amides is 1. The van der Waals surface area contributed by atoms with Crippen LogP contribution in [0.2, 0.25) is 0 Å². The first-order chi connectivity index (χ1) is 5.29. The summed E-state index contributed by atoms with van der Waals surface area (Å²) < 4.78 is 4.83. The maximum atomic E-state index is 11.0. The molecule has 1 atom stereocenters. The number of nitrogens with zero attached hydrogens (tertiary/aromatic N) is 1. The quantitative estimate of drug-likeness (QED) is 0.637. The average molecular weight is 158 g/mol. The molecular weight excluding hydrogens is 144 g/mol. The third-order valence-electron chi connectivity index (χ3n) is 1.81. The summed E-state index contributed by atoms with van der Waals surface area (Å²) in [6.07, 6.45) is 0.730. The van der Waals surface area contributed by atoms with Crippen LogP contribution in [0.5, 0.6) is 0 Å². The molecule has 0 bridgehead atoms. The van der Waals surface area contributed by atoms with Crippen molar-refractivity contribution in [1.82, 2.24) is 4.90 Å². The van der Waals surface area contributed by atoms with Crippen LogP contribution in [0.1, 0.15) is 13.3 Å². The van der Waals surface area contributed by atoms with Gasteiger partial charge in [-0.3, -0.25) is 0 Å². The smallest absolute Gasteiger partial charge is 0.410 e. The Hall–Kier alpha value is -0.770. The van der Waals surface area contributed by atoms with Crippen molar-refractivity contribution >= 4 is 6.09 Å². The van der Waals surface area contributed by atoms with Crippen LogP contribution in [0.25, 0.3) is 0 Å². The van der Waals surface area contributed by atoms with Crippen molar-refractivity contribution in [2.75, 3.05) is 19.7 Å². The highest BCUT2D eigenvalue weighted by molar-refractivity contribution is 5.70. The molecule has 1 amide bonds. The van der Waals surface area contributed by atoms with E-state index in [9.17, 15) is 4.79 Å². The Morgan fingerprint density at radius 1 is 1.82 bits per heavy atom. The minimum atomic E-state index is -0.220. The van der Waals surface area contributed by atoms with Crippen LogP contribution in [-0.2, 0) is 4.74 Å². The average Bonchev–Trinajstić information content (AvgIpc) is 2.34. The van der Waals surface area contributed by atoms with Gasteiger partial charge in [0.2, 0.25) is 0 Å². The summed E-state index contributed by atoms with van der Waals surface area (Å²) in [5.74, 6) is 0. The fourth-order valence-corrected chi connectivity index (χ4v) is 1.20. The van der Waals surface area contributed by atoms with E-state index < -0.39 is 0 Å². The van der Waals surface area contributed by atoms with Crippen LogP contribution in [-0.4, -0.2) is 36.7 Å². The van der Waals surface area contributed by atoms with Crippen LogP contribution < -0.4 is 5.73 Å². The highest BCUT2D eigenvalue weighted by atomic mass is 16.6. The predicted molar refractivity (Wildman–Crippen MR) is 41.2 cm³/mol. The molecule has 1 saturated heterocycles. The van der Waals surface area contributed by atoms with Crippen LogP contribution in [0, 0.1) is 0 Å². The largest absolute Gasteiger partial charge is 0.447 e. The SMILES string of the molecule is CCCN1C(=O)OCC1CN. The van der Waals surface area contributed by atoms with Gasteiger partial charge in [-0.1, -0.05) is 6.92 Å². The van der Waals surface area contributed by atoms with E-state index in [1.54, 1.807) is 4.90 Å². The molecule has 0 aromatic carbocycles. The Labute approximate surface area is 66.3 Å². The molecule has 64 valence electrons. The summed E-state index contributed by atoms with van der Waals surface area (Å²) in [7, 11) is 0. The van der Waals surface area contributed by atoms with E-state index in [0.717, 1.165) is 13.0 Å². The minimum absolute atomic E-state index is 0.0995. The van der Waals surface area contributed by atoms with E-state index in [1.807, 2.05) is 6.92 Å². The summed E-state index contributed by atoms with van der Waals surface area (Å²) >= 11 is 0. The lowest BCUT2D eigenvalue weighted by molar-refractivity contribution is 0.158. The summed E-state index contributed by atoms with van der Waals surface area (Å²) in [6.45, 7) is 3.72. The van der Waals surface area contributed by atoms with E-state index in [2.05, 4.69) is 0 Å². The van der Waals surface area contributed by atoms with E-state index in [0.29, 0.717) is 13.2 Å². The van der Waals surface area contributed by atoms with Gasteiger partial charge in [0.15, 0.2) is 0 Å². The monoisotopic (exact) mass is 158 g/mol. The first kappa shape index (κ1) is 8.33. The van der Waals surface area contributed by atoms with Crippen LogP contribution >= 0.6 is 0 Å². The highest BCUT2D eigenvalue weighted by Crippen LogP contribution is 2.10. The van der Waals surface area contributed by atoms with Crippen molar-refractivity contribution in [3.63, 3.8) is 0 Å². The molecule has 1 aliphatic rings. The Morgan fingerprint density at radius 2 is 2.55 bits per heavy atom. The zero-order chi connectivity index (χ0) is 8.27. The first-order valence-electron chi connectivity index (χ1n) is 3.93. The third-order valence-corrected chi connectivity index (χ3v) is 1.81. The first-order valence-corrected chi connectivity index (χ1v) is 3.93. The van der Waals surface area contributed by atoms with Gasteiger partial charge in [-0.2, -0.15) is 0 Å². The van der Waals surface area contributed by atoms with E-state index in [4.69, 9.17) is 10.5 Å². The third kappa shape index (κ3) is 1.63. The second-order valence-corrected chi connectivity index (χ2v) is 2.66. The minimum Gasteiger partial charge on any atom is -0.447 e. The number of nitrogens with two attached hydrogens (primary N) is 1. The van der Waals surface area contributed by atoms with Crippen molar-refractivity contribution in [2.45, 2.75) is 19.4 Å². The second-order valence-electron chi connectivity index (χ2n) is 2.66. The second kappa shape index (κ2) is 3.57. The van der Waals surface area contributed by atoms with Gasteiger partial charge in [-0.15, -0.1) is 0 Å². The standard InChI is InChI=1S/C7H14N2O2/c1-2-3-9-6(4-8)5-11-7(9)10/h6H,2-5,8H2,1H3.